The van der Waals surface area contributed by atoms with Gasteiger partial charge in [-0.25, -0.2) is 14.0 Å². The van der Waals surface area contributed by atoms with Crippen molar-refractivity contribution in [1.29, 1.82) is 0 Å². The third-order valence-electron chi connectivity index (χ3n) is 4.71. The van der Waals surface area contributed by atoms with Crippen molar-refractivity contribution in [3.8, 4) is 0 Å². The third-order valence-corrected chi connectivity index (χ3v) is 4.71. The summed E-state index contributed by atoms with van der Waals surface area (Å²) in [5.41, 5.74) is 0.753. The second kappa shape index (κ2) is 9.41. The molecular formula is C22H25FN2O4. The maximum absolute atomic E-state index is 14.3. The monoisotopic (exact) mass is 400 g/mol. The molecule has 1 heterocycles. The second-order valence-electron chi connectivity index (χ2n) is 7.47. The van der Waals surface area contributed by atoms with Crippen LogP contribution in [0, 0.1) is 0 Å². The van der Waals surface area contributed by atoms with E-state index in [0.717, 1.165) is 11.1 Å². The van der Waals surface area contributed by atoms with Crippen LogP contribution in [0.3, 0.4) is 0 Å². The van der Waals surface area contributed by atoms with E-state index in [2.05, 4.69) is 5.32 Å². The molecule has 1 unspecified atom stereocenters. The van der Waals surface area contributed by atoms with Crippen LogP contribution in [-0.4, -0.2) is 41.9 Å². The zero-order chi connectivity index (χ0) is 20.7. The Morgan fingerprint density at radius 3 is 2.17 bits per heavy atom. The fourth-order valence-electron chi connectivity index (χ4n) is 3.39. The molecule has 154 valence electrons. The first-order chi connectivity index (χ1) is 13.9. The molecule has 2 aromatic carbocycles. The van der Waals surface area contributed by atoms with Crippen LogP contribution in [-0.2, 0) is 22.7 Å². The molecule has 2 amide bonds. The summed E-state index contributed by atoms with van der Waals surface area (Å²) in [6.45, 7) is 1.99. The van der Waals surface area contributed by atoms with Crippen LogP contribution < -0.4 is 5.32 Å². The Morgan fingerprint density at radius 2 is 1.59 bits per heavy atom. The number of carbonyl (C=O) groups excluding carboxylic acids is 2. The van der Waals surface area contributed by atoms with E-state index in [4.69, 9.17) is 9.47 Å². The Kier molecular flexibility index (Phi) is 6.69. The van der Waals surface area contributed by atoms with Crippen LogP contribution in [0.4, 0.5) is 14.0 Å². The van der Waals surface area contributed by atoms with Gasteiger partial charge in [-0.2, -0.15) is 0 Å². The van der Waals surface area contributed by atoms with Crippen LogP contribution in [0.1, 0.15) is 24.5 Å². The lowest BCUT2D eigenvalue weighted by atomic mass is 9.90. The molecule has 1 fully saturated rings. The Labute approximate surface area is 169 Å². The van der Waals surface area contributed by atoms with Gasteiger partial charge in [-0.3, -0.25) is 0 Å². The molecular weight excluding hydrogens is 375 g/mol. The quantitative estimate of drug-likeness (QED) is 0.822. The Balaban J connectivity index is 1.53. The number of hydrogen-bond donors (Lipinski definition) is 1. The van der Waals surface area contributed by atoms with E-state index in [-0.39, 0.29) is 32.7 Å². The molecule has 1 N–H and O–H groups in total. The highest BCUT2D eigenvalue weighted by molar-refractivity contribution is 5.70. The first-order valence-electron chi connectivity index (χ1n) is 9.52. The third kappa shape index (κ3) is 6.20. The first kappa shape index (κ1) is 20.6. The molecule has 0 saturated carbocycles. The molecule has 1 aliphatic heterocycles. The molecule has 0 radical (unpaired) electrons. The highest BCUT2D eigenvalue weighted by Gasteiger charge is 2.40. The van der Waals surface area contributed by atoms with Gasteiger partial charge in [-0.15, -0.1) is 0 Å². The van der Waals surface area contributed by atoms with Crippen molar-refractivity contribution in [2.45, 2.75) is 38.3 Å². The lowest BCUT2D eigenvalue weighted by Crippen LogP contribution is -2.61. The van der Waals surface area contributed by atoms with Crippen molar-refractivity contribution in [3.63, 3.8) is 0 Å². The number of likely N-dealkylation sites (tertiary alicyclic amines) is 1. The van der Waals surface area contributed by atoms with Gasteiger partial charge in [0, 0.05) is 13.0 Å². The molecule has 0 bridgehead atoms. The number of halogens is 1. The fraction of sp³-hybridized carbons (Fsp3) is 0.364. The molecule has 2 atom stereocenters. The summed E-state index contributed by atoms with van der Waals surface area (Å²) in [7, 11) is 0. The normalized spacial score (nSPS) is 21.3. The zero-order valence-corrected chi connectivity index (χ0v) is 16.3. The van der Waals surface area contributed by atoms with Gasteiger partial charge in [0.15, 0.2) is 0 Å². The predicted molar refractivity (Wildman–Crippen MR) is 106 cm³/mol. The minimum absolute atomic E-state index is 0.0655. The largest absolute Gasteiger partial charge is 0.445 e. The van der Waals surface area contributed by atoms with E-state index in [9.17, 15) is 14.0 Å². The number of hydrogen-bond acceptors (Lipinski definition) is 4. The summed E-state index contributed by atoms with van der Waals surface area (Å²) in [6.07, 6.45) is -2.44. The smallest absolute Gasteiger partial charge is 0.410 e. The topological polar surface area (TPSA) is 67.9 Å². The van der Waals surface area contributed by atoms with Crippen LogP contribution in [0.5, 0.6) is 0 Å². The maximum atomic E-state index is 14.3. The highest BCUT2D eigenvalue weighted by Crippen LogP contribution is 2.24. The summed E-state index contributed by atoms with van der Waals surface area (Å²) in [5.74, 6) is 0. The summed E-state index contributed by atoms with van der Waals surface area (Å²) in [4.78, 5) is 25.9. The molecule has 2 aromatic rings. The molecule has 0 spiro atoms. The van der Waals surface area contributed by atoms with Crippen molar-refractivity contribution >= 4 is 12.2 Å². The molecule has 3 rings (SSSR count). The van der Waals surface area contributed by atoms with E-state index in [1.807, 2.05) is 60.7 Å². The Morgan fingerprint density at radius 1 is 1.03 bits per heavy atom. The van der Waals surface area contributed by atoms with Gasteiger partial charge in [0.1, 0.15) is 19.4 Å². The maximum Gasteiger partial charge on any atom is 0.410 e. The van der Waals surface area contributed by atoms with Gasteiger partial charge in [0.05, 0.1) is 12.1 Å². The predicted octanol–water partition coefficient (Wildman–Crippen LogP) is 4.05. The van der Waals surface area contributed by atoms with Gasteiger partial charge >= 0.3 is 12.2 Å². The second-order valence-corrected chi connectivity index (χ2v) is 7.47. The number of alkyl halides is 1. The lowest BCUT2D eigenvalue weighted by molar-refractivity contribution is 0.0380. The minimum atomic E-state index is -1.27. The van der Waals surface area contributed by atoms with Crippen molar-refractivity contribution in [1.82, 2.24) is 10.2 Å². The minimum Gasteiger partial charge on any atom is -0.445 e. The number of amides is 2. The zero-order valence-electron chi connectivity index (χ0n) is 16.3. The summed E-state index contributed by atoms with van der Waals surface area (Å²) in [5, 5.41) is 2.70. The molecule has 6 nitrogen and oxygen atoms in total. The number of ether oxygens (including phenoxy) is 2. The van der Waals surface area contributed by atoms with E-state index >= 15 is 0 Å². The lowest BCUT2D eigenvalue weighted by Gasteiger charge is -2.41. The molecule has 0 aromatic heterocycles. The van der Waals surface area contributed by atoms with Crippen molar-refractivity contribution in [2.24, 2.45) is 0 Å². The molecule has 1 aliphatic rings. The number of nitrogens with one attached hydrogen (secondary N) is 1. The number of piperidine rings is 1. The summed E-state index contributed by atoms with van der Waals surface area (Å²) in [6, 6.07) is 18.5. The summed E-state index contributed by atoms with van der Waals surface area (Å²) >= 11 is 0. The van der Waals surface area contributed by atoms with E-state index < -0.39 is 23.9 Å². The number of alkyl carbamates (subject to hydrolysis) is 1. The first-order valence-corrected chi connectivity index (χ1v) is 9.52. The molecule has 7 heteroatoms. The van der Waals surface area contributed by atoms with Crippen LogP contribution in [0.25, 0.3) is 0 Å². The Hall–Kier alpha value is -3.09. The number of nitrogens with zero attached hydrogens (tertiary/aromatic N) is 1. The van der Waals surface area contributed by atoms with Crippen LogP contribution in [0.15, 0.2) is 60.7 Å². The van der Waals surface area contributed by atoms with Gasteiger partial charge in [-0.05, 0) is 18.1 Å². The molecule has 0 aliphatic carbocycles. The van der Waals surface area contributed by atoms with Crippen molar-refractivity contribution < 1.29 is 23.5 Å². The number of benzene rings is 2. The Bertz CT molecular complexity index is 818. The van der Waals surface area contributed by atoms with Gasteiger partial charge in [-0.1, -0.05) is 60.7 Å². The average Bonchev–Trinajstić information content (AvgIpc) is 2.71. The summed E-state index contributed by atoms with van der Waals surface area (Å²) < 4.78 is 24.8. The van der Waals surface area contributed by atoms with E-state index in [0.29, 0.717) is 0 Å². The fourth-order valence-corrected chi connectivity index (χ4v) is 3.39. The van der Waals surface area contributed by atoms with Crippen molar-refractivity contribution in [2.75, 3.05) is 13.1 Å². The average molecular weight is 400 g/mol. The SMILES string of the molecule is CC1(NC(=O)OCc2ccccc2)C[C@H](F)CN(C(=O)OCc2ccccc2)C1. The van der Waals surface area contributed by atoms with Gasteiger partial charge in [0.25, 0.3) is 0 Å². The van der Waals surface area contributed by atoms with Crippen molar-refractivity contribution in [3.05, 3.63) is 71.8 Å². The van der Waals surface area contributed by atoms with Gasteiger partial charge in [0.2, 0.25) is 0 Å². The molecule has 29 heavy (non-hydrogen) atoms. The standard InChI is InChI=1S/C22H25FN2O4/c1-22(24-20(26)28-14-17-8-4-2-5-9-17)12-19(23)13-25(16-22)21(27)29-15-18-10-6-3-7-11-18/h2-11,19H,12-16H2,1H3,(H,24,26)/t19-,22?/m0/s1. The van der Waals surface area contributed by atoms with Crippen LogP contribution in [0.2, 0.25) is 0 Å². The molecule has 1 saturated heterocycles. The van der Waals surface area contributed by atoms with Crippen LogP contribution >= 0.6 is 0 Å². The van der Waals surface area contributed by atoms with E-state index in [1.165, 1.54) is 4.90 Å². The van der Waals surface area contributed by atoms with Gasteiger partial charge < -0.3 is 19.7 Å². The highest BCUT2D eigenvalue weighted by atomic mass is 19.1. The van der Waals surface area contributed by atoms with E-state index in [1.54, 1.807) is 6.92 Å². The number of carbonyl (C=O) groups is 2. The number of rotatable bonds is 5.